The molecule has 2 aromatic carbocycles. The van der Waals surface area contributed by atoms with Crippen LogP contribution in [0.5, 0.6) is 17.2 Å². The molecule has 0 radical (unpaired) electrons. The molecular formula is C22H28N2O4. The van der Waals surface area contributed by atoms with Crippen molar-refractivity contribution >= 4 is 12.1 Å². The molecule has 0 heterocycles. The smallest absolute Gasteiger partial charge is 0.271 e. The molecule has 0 aliphatic heterocycles. The quantitative estimate of drug-likeness (QED) is 0.354. The van der Waals surface area contributed by atoms with Crippen molar-refractivity contribution in [3.05, 3.63) is 53.6 Å². The molecule has 150 valence electrons. The van der Waals surface area contributed by atoms with Crippen LogP contribution in [0.3, 0.4) is 0 Å². The van der Waals surface area contributed by atoms with E-state index in [9.17, 15) is 4.79 Å². The fraction of sp³-hybridized carbons (Fsp3) is 0.364. The topological polar surface area (TPSA) is 69.2 Å². The summed E-state index contributed by atoms with van der Waals surface area (Å²) >= 11 is 0. The van der Waals surface area contributed by atoms with E-state index in [1.807, 2.05) is 6.07 Å². The summed E-state index contributed by atoms with van der Waals surface area (Å²) < 4.78 is 16.1. The molecular weight excluding hydrogens is 356 g/mol. The molecule has 0 saturated heterocycles. The van der Waals surface area contributed by atoms with Crippen LogP contribution in [0.4, 0.5) is 0 Å². The molecule has 0 spiro atoms. The zero-order valence-electron chi connectivity index (χ0n) is 16.7. The largest absolute Gasteiger partial charge is 0.494 e. The normalized spacial score (nSPS) is 10.7. The number of ether oxygens (including phenoxy) is 3. The number of carbonyl (C=O) groups is 1. The second-order valence-corrected chi connectivity index (χ2v) is 6.25. The predicted octanol–water partition coefficient (Wildman–Crippen LogP) is 4.43. The summed E-state index contributed by atoms with van der Waals surface area (Å²) in [5.41, 5.74) is 3.82. The van der Waals surface area contributed by atoms with E-state index in [2.05, 4.69) is 17.5 Å². The molecule has 1 amide bonds. The minimum Gasteiger partial charge on any atom is -0.494 e. The Morgan fingerprint density at radius 1 is 1.00 bits per heavy atom. The van der Waals surface area contributed by atoms with Gasteiger partial charge in [-0.1, -0.05) is 26.2 Å². The SMILES string of the molecule is CCCCCCOc1ccc(C(=O)N/N=C/c2ccc(OC)c(OC)c2)cc1. The van der Waals surface area contributed by atoms with Crippen LogP contribution in [0.15, 0.2) is 47.6 Å². The molecule has 28 heavy (non-hydrogen) atoms. The van der Waals surface area contributed by atoms with E-state index < -0.39 is 0 Å². The molecule has 0 unspecified atom stereocenters. The first-order valence-electron chi connectivity index (χ1n) is 9.46. The zero-order chi connectivity index (χ0) is 20.2. The van der Waals surface area contributed by atoms with Crippen molar-refractivity contribution in [2.24, 2.45) is 5.10 Å². The lowest BCUT2D eigenvalue weighted by Gasteiger charge is -2.07. The van der Waals surface area contributed by atoms with Crippen LogP contribution in [0, 0.1) is 0 Å². The average molecular weight is 384 g/mol. The number of nitrogens with one attached hydrogen (secondary N) is 1. The summed E-state index contributed by atoms with van der Waals surface area (Å²) in [5.74, 6) is 1.72. The molecule has 2 aromatic rings. The number of rotatable bonds is 11. The van der Waals surface area contributed by atoms with Crippen molar-refractivity contribution in [1.29, 1.82) is 0 Å². The molecule has 6 nitrogen and oxygen atoms in total. The predicted molar refractivity (Wildman–Crippen MR) is 111 cm³/mol. The van der Waals surface area contributed by atoms with Gasteiger partial charge in [0.1, 0.15) is 5.75 Å². The summed E-state index contributed by atoms with van der Waals surface area (Å²) in [6.07, 6.45) is 6.20. The third-order valence-corrected chi connectivity index (χ3v) is 4.17. The fourth-order valence-corrected chi connectivity index (χ4v) is 2.58. The maximum Gasteiger partial charge on any atom is 0.271 e. The Morgan fingerprint density at radius 2 is 1.75 bits per heavy atom. The van der Waals surface area contributed by atoms with Gasteiger partial charge in [-0.05, 0) is 54.4 Å². The van der Waals surface area contributed by atoms with E-state index in [4.69, 9.17) is 14.2 Å². The minimum absolute atomic E-state index is 0.286. The van der Waals surface area contributed by atoms with Crippen LogP contribution in [0.2, 0.25) is 0 Å². The Labute approximate surface area is 166 Å². The van der Waals surface area contributed by atoms with Gasteiger partial charge in [0, 0.05) is 5.56 Å². The Hall–Kier alpha value is -3.02. The lowest BCUT2D eigenvalue weighted by atomic mass is 10.2. The van der Waals surface area contributed by atoms with Gasteiger partial charge >= 0.3 is 0 Å². The monoisotopic (exact) mass is 384 g/mol. The second-order valence-electron chi connectivity index (χ2n) is 6.25. The number of methoxy groups -OCH3 is 2. The molecule has 0 aliphatic rings. The van der Waals surface area contributed by atoms with Crippen LogP contribution in [0.25, 0.3) is 0 Å². The van der Waals surface area contributed by atoms with Crippen molar-refractivity contribution in [3.8, 4) is 17.2 Å². The van der Waals surface area contributed by atoms with Crippen LogP contribution in [-0.2, 0) is 0 Å². The van der Waals surface area contributed by atoms with Crippen molar-refractivity contribution in [2.45, 2.75) is 32.6 Å². The summed E-state index contributed by atoms with van der Waals surface area (Å²) in [6.45, 7) is 2.88. The van der Waals surface area contributed by atoms with E-state index in [0.29, 0.717) is 23.7 Å². The lowest BCUT2D eigenvalue weighted by molar-refractivity contribution is 0.0955. The van der Waals surface area contributed by atoms with Crippen molar-refractivity contribution in [3.63, 3.8) is 0 Å². The van der Waals surface area contributed by atoms with Crippen LogP contribution < -0.4 is 19.6 Å². The number of hydrazone groups is 1. The Balaban J connectivity index is 1.85. The molecule has 1 N–H and O–H groups in total. The molecule has 6 heteroatoms. The number of unbranched alkanes of at least 4 members (excludes halogenated alkanes) is 3. The number of amides is 1. The third-order valence-electron chi connectivity index (χ3n) is 4.17. The minimum atomic E-state index is -0.286. The molecule has 0 bridgehead atoms. The summed E-state index contributed by atoms with van der Waals surface area (Å²) in [4.78, 5) is 12.2. The molecule has 0 aliphatic carbocycles. The average Bonchev–Trinajstić information content (AvgIpc) is 2.73. The highest BCUT2D eigenvalue weighted by Crippen LogP contribution is 2.26. The molecule has 2 rings (SSSR count). The standard InChI is InChI=1S/C22H28N2O4/c1-4-5-6-7-14-28-19-11-9-18(10-12-19)22(25)24-23-16-17-8-13-20(26-2)21(15-17)27-3/h8-13,15-16H,4-7,14H2,1-3H3,(H,24,25)/b23-16+. The first kappa shape index (κ1) is 21.3. The number of hydrogen-bond acceptors (Lipinski definition) is 5. The van der Waals surface area contributed by atoms with Crippen LogP contribution in [0.1, 0.15) is 48.5 Å². The van der Waals surface area contributed by atoms with E-state index >= 15 is 0 Å². The second kappa shape index (κ2) is 11.6. The van der Waals surface area contributed by atoms with Gasteiger partial charge in [-0.2, -0.15) is 5.10 Å². The third kappa shape index (κ3) is 6.61. The lowest BCUT2D eigenvalue weighted by Crippen LogP contribution is -2.17. The highest BCUT2D eigenvalue weighted by Gasteiger charge is 2.05. The summed E-state index contributed by atoms with van der Waals surface area (Å²) in [7, 11) is 3.15. The van der Waals surface area contributed by atoms with Gasteiger partial charge in [0.2, 0.25) is 0 Å². The van der Waals surface area contributed by atoms with Gasteiger partial charge in [-0.3, -0.25) is 4.79 Å². The van der Waals surface area contributed by atoms with E-state index in [0.717, 1.165) is 17.7 Å². The summed E-state index contributed by atoms with van der Waals surface area (Å²) in [5, 5.41) is 4.00. The van der Waals surface area contributed by atoms with Gasteiger partial charge in [0.15, 0.2) is 11.5 Å². The Kier molecular flexibility index (Phi) is 8.85. The first-order valence-corrected chi connectivity index (χ1v) is 9.46. The van der Waals surface area contributed by atoms with Gasteiger partial charge in [0.05, 0.1) is 27.0 Å². The maximum absolute atomic E-state index is 12.2. The van der Waals surface area contributed by atoms with Crippen LogP contribution in [-0.4, -0.2) is 32.9 Å². The van der Waals surface area contributed by atoms with Crippen LogP contribution >= 0.6 is 0 Å². The number of hydrogen-bond donors (Lipinski definition) is 1. The summed E-state index contributed by atoms with van der Waals surface area (Å²) in [6, 6.07) is 12.4. The van der Waals surface area contributed by atoms with E-state index in [1.54, 1.807) is 56.8 Å². The molecule has 0 fully saturated rings. The van der Waals surface area contributed by atoms with Gasteiger partial charge < -0.3 is 14.2 Å². The number of benzene rings is 2. The number of carbonyl (C=O) groups excluding carboxylic acids is 1. The zero-order valence-corrected chi connectivity index (χ0v) is 16.7. The van der Waals surface area contributed by atoms with Crippen molar-refractivity contribution in [2.75, 3.05) is 20.8 Å². The Morgan fingerprint density at radius 3 is 2.43 bits per heavy atom. The maximum atomic E-state index is 12.2. The van der Waals surface area contributed by atoms with Gasteiger partial charge in [-0.25, -0.2) is 5.43 Å². The highest BCUT2D eigenvalue weighted by molar-refractivity contribution is 5.95. The first-order chi connectivity index (χ1) is 13.7. The van der Waals surface area contributed by atoms with Gasteiger partial charge in [0.25, 0.3) is 5.91 Å². The van der Waals surface area contributed by atoms with Crippen molar-refractivity contribution < 1.29 is 19.0 Å². The van der Waals surface area contributed by atoms with E-state index in [-0.39, 0.29) is 5.91 Å². The van der Waals surface area contributed by atoms with Crippen molar-refractivity contribution in [1.82, 2.24) is 5.43 Å². The number of nitrogens with zero attached hydrogens (tertiary/aromatic N) is 1. The van der Waals surface area contributed by atoms with Gasteiger partial charge in [-0.15, -0.1) is 0 Å². The molecule has 0 atom stereocenters. The fourth-order valence-electron chi connectivity index (χ4n) is 2.58. The molecule has 0 aromatic heterocycles. The Bertz CT molecular complexity index is 773. The highest BCUT2D eigenvalue weighted by atomic mass is 16.5. The molecule has 0 saturated carbocycles. The van der Waals surface area contributed by atoms with E-state index in [1.165, 1.54) is 19.3 Å².